The molecule has 1 unspecified atom stereocenters. The standard InChI is InChI=1S/C17H26N2O6S/c1-10(2)18-16(20)12(5)25-17(21)13-7-8-14(24-6)15(9-13)26(22,23)19-11(3)4/h7-12,19H,1-6H3,(H,18,20). The molecule has 0 heterocycles. The zero-order valence-electron chi connectivity index (χ0n) is 15.8. The van der Waals surface area contributed by atoms with Crippen molar-refractivity contribution < 1.29 is 27.5 Å². The van der Waals surface area contributed by atoms with E-state index in [2.05, 4.69) is 10.0 Å². The maximum Gasteiger partial charge on any atom is 0.338 e. The second kappa shape index (κ2) is 9.00. The van der Waals surface area contributed by atoms with E-state index in [-0.39, 0.29) is 28.3 Å². The molecule has 0 aliphatic heterocycles. The Balaban J connectivity index is 3.09. The fourth-order valence-corrected chi connectivity index (χ4v) is 3.52. The number of hydrogen-bond acceptors (Lipinski definition) is 6. The van der Waals surface area contributed by atoms with Crippen LogP contribution < -0.4 is 14.8 Å². The van der Waals surface area contributed by atoms with Crippen LogP contribution in [0.25, 0.3) is 0 Å². The number of ether oxygens (including phenoxy) is 2. The summed E-state index contributed by atoms with van der Waals surface area (Å²) < 4.78 is 37.5. The highest BCUT2D eigenvalue weighted by Crippen LogP contribution is 2.25. The number of benzene rings is 1. The summed E-state index contributed by atoms with van der Waals surface area (Å²) in [4.78, 5) is 24.0. The van der Waals surface area contributed by atoms with Crippen LogP contribution in [-0.2, 0) is 19.6 Å². The highest BCUT2D eigenvalue weighted by molar-refractivity contribution is 7.89. The molecule has 1 atom stereocenters. The van der Waals surface area contributed by atoms with Crippen molar-refractivity contribution in [1.29, 1.82) is 0 Å². The first kappa shape index (κ1) is 21.9. The van der Waals surface area contributed by atoms with Crippen LogP contribution in [-0.4, -0.2) is 45.6 Å². The molecule has 8 nitrogen and oxygen atoms in total. The van der Waals surface area contributed by atoms with Gasteiger partial charge in [-0.3, -0.25) is 4.79 Å². The average Bonchev–Trinajstić information content (AvgIpc) is 2.52. The van der Waals surface area contributed by atoms with Gasteiger partial charge in [0.2, 0.25) is 10.0 Å². The van der Waals surface area contributed by atoms with Gasteiger partial charge in [0.15, 0.2) is 6.10 Å². The van der Waals surface area contributed by atoms with Crippen molar-refractivity contribution in [2.45, 2.75) is 57.7 Å². The summed E-state index contributed by atoms with van der Waals surface area (Å²) in [7, 11) is -2.55. The summed E-state index contributed by atoms with van der Waals surface area (Å²) in [5.74, 6) is -1.14. The lowest BCUT2D eigenvalue weighted by atomic mass is 10.2. The Hall–Kier alpha value is -2.13. The molecule has 146 valence electrons. The number of amides is 1. The molecular weight excluding hydrogens is 360 g/mol. The monoisotopic (exact) mass is 386 g/mol. The predicted octanol–water partition coefficient (Wildman–Crippen LogP) is 1.45. The van der Waals surface area contributed by atoms with Crippen LogP contribution in [0, 0.1) is 0 Å². The van der Waals surface area contributed by atoms with Crippen LogP contribution in [0.1, 0.15) is 45.0 Å². The van der Waals surface area contributed by atoms with Crippen LogP contribution in [0.3, 0.4) is 0 Å². The maximum atomic E-state index is 12.4. The van der Waals surface area contributed by atoms with Crippen molar-refractivity contribution in [3.63, 3.8) is 0 Å². The number of hydrogen-bond donors (Lipinski definition) is 2. The summed E-state index contributed by atoms with van der Waals surface area (Å²) in [5, 5.41) is 2.63. The largest absolute Gasteiger partial charge is 0.495 e. The zero-order chi connectivity index (χ0) is 20.1. The lowest BCUT2D eigenvalue weighted by Crippen LogP contribution is -2.39. The first-order valence-corrected chi connectivity index (χ1v) is 9.68. The van der Waals surface area contributed by atoms with Gasteiger partial charge in [0.05, 0.1) is 12.7 Å². The molecular formula is C17H26N2O6S. The second-order valence-corrected chi connectivity index (χ2v) is 8.03. The smallest absolute Gasteiger partial charge is 0.338 e. The van der Waals surface area contributed by atoms with Crippen LogP contribution in [0.2, 0.25) is 0 Å². The van der Waals surface area contributed by atoms with Crippen molar-refractivity contribution in [3.8, 4) is 5.75 Å². The van der Waals surface area contributed by atoms with E-state index in [0.29, 0.717) is 0 Å². The molecule has 0 aliphatic rings. The van der Waals surface area contributed by atoms with Gasteiger partial charge in [-0.2, -0.15) is 0 Å². The number of carbonyl (C=O) groups excluding carboxylic acids is 2. The van der Waals surface area contributed by atoms with E-state index in [1.165, 1.54) is 32.2 Å². The Morgan fingerprint density at radius 1 is 1.04 bits per heavy atom. The van der Waals surface area contributed by atoms with Gasteiger partial charge in [0.25, 0.3) is 5.91 Å². The average molecular weight is 386 g/mol. The fraction of sp³-hybridized carbons (Fsp3) is 0.529. The van der Waals surface area contributed by atoms with Crippen molar-refractivity contribution in [3.05, 3.63) is 23.8 Å². The van der Waals surface area contributed by atoms with Crippen molar-refractivity contribution in [2.75, 3.05) is 7.11 Å². The Labute approximate surface area is 154 Å². The SMILES string of the molecule is COc1ccc(C(=O)OC(C)C(=O)NC(C)C)cc1S(=O)(=O)NC(C)C. The van der Waals surface area contributed by atoms with Crippen molar-refractivity contribution in [1.82, 2.24) is 10.0 Å². The Bertz CT molecular complexity index is 759. The van der Waals surface area contributed by atoms with Gasteiger partial charge in [0, 0.05) is 12.1 Å². The normalized spacial score (nSPS) is 12.8. The van der Waals surface area contributed by atoms with E-state index in [4.69, 9.17) is 9.47 Å². The summed E-state index contributed by atoms with van der Waals surface area (Å²) in [5.41, 5.74) is -0.000807. The molecule has 0 bridgehead atoms. The number of methoxy groups -OCH3 is 1. The van der Waals surface area contributed by atoms with E-state index < -0.39 is 28.0 Å². The Morgan fingerprint density at radius 2 is 1.65 bits per heavy atom. The lowest BCUT2D eigenvalue weighted by Gasteiger charge is -2.16. The van der Waals surface area contributed by atoms with Crippen LogP contribution >= 0.6 is 0 Å². The number of esters is 1. The Kier molecular flexibility index (Phi) is 7.58. The van der Waals surface area contributed by atoms with Crippen molar-refractivity contribution in [2.24, 2.45) is 0 Å². The molecule has 1 aromatic rings. The zero-order valence-corrected chi connectivity index (χ0v) is 16.6. The van der Waals surface area contributed by atoms with E-state index in [1.807, 2.05) is 0 Å². The summed E-state index contributed by atoms with van der Waals surface area (Å²) in [6, 6.07) is 3.48. The molecule has 26 heavy (non-hydrogen) atoms. The first-order valence-electron chi connectivity index (χ1n) is 8.19. The second-order valence-electron chi connectivity index (χ2n) is 6.35. The summed E-state index contributed by atoms with van der Waals surface area (Å²) >= 11 is 0. The minimum atomic E-state index is -3.88. The first-order chi connectivity index (χ1) is 12.0. The minimum absolute atomic E-state index is 0.000807. The Morgan fingerprint density at radius 3 is 2.15 bits per heavy atom. The quantitative estimate of drug-likeness (QED) is 0.654. The summed E-state index contributed by atoms with van der Waals surface area (Å²) in [6.45, 7) is 8.37. The van der Waals surface area contributed by atoms with E-state index >= 15 is 0 Å². The number of sulfonamides is 1. The third-order valence-electron chi connectivity index (χ3n) is 3.16. The molecule has 1 aromatic carbocycles. The third-order valence-corrected chi connectivity index (χ3v) is 4.84. The summed E-state index contributed by atoms with van der Waals surface area (Å²) in [6.07, 6.45) is -1.01. The molecule has 1 rings (SSSR count). The molecule has 0 aliphatic carbocycles. The van der Waals surface area contributed by atoms with Crippen LogP contribution in [0.15, 0.2) is 23.1 Å². The number of carbonyl (C=O) groups is 2. The molecule has 0 saturated heterocycles. The van der Waals surface area contributed by atoms with E-state index in [1.54, 1.807) is 27.7 Å². The van der Waals surface area contributed by atoms with Crippen LogP contribution in [0.4, 0.5) is 0 Å². The van der Waals surface area contributed by atoms with Crippen LogP contribution in [0.5, 0.6) is 5.75 Å². The van der Waals surface area contributed by atoms with E-state index in [9.17, 15) is 18.0 Å². The van der Waals surface area contributed by atoms with Gasteiger partial charge >= 0.3 is 5.97 Å². The van der Waals surface area contributed by atoms with Gasteiger partial charge in [-0.25, -0.2) is 17.9 Å². The molecule has 9 heteroatoms. The van der Waals surface area contributed by atoms with Crippen molar-refractivity contribution >= 4 is 21.9 Å². The lowest BCUT2D eigenvalue weighted by molar-refractivity contribution is -0.129. The molecule has 0 aromatic heterocycles. The highest BCUT2D eigenvalue weighted by atomic mass is 32.2. The van der Waals surface area contributed by atoms with Gasteiger partial charge in [-0.15, -0.1) is 0 Å². The van der Waals surface area contributed by atoms with Gasteiger partial charge in [-0.05, 0) is 52.8 Å². The number of rotatable bonds is 8. The topological polar surface area (TPSA) is 111 Å². The molecule has 0 fully saturated rings. The predicted molar refractivity (Wildman–Crippen MR) is 96.6 cm³/mol. The molecule has 0 radical (unpaired) electrons. The molecule has 2 N–H and O–H groups in total. The molecule has 1 amide bonds. The van der Waals surface area contributed by atoms with Gasteiger partial charge < -0.3 is 14.8 Å². The maximum absolute atomic E-state index is 12.4. The molecule has 0 saturated carbocycles. The van der Waals surface area contributed by atoms with E-state index in [0.717, 1.165) is 0 Å². The van der Waals surface area contributed by atoms with Gasteiger partial charge in [0.1, 0.15) is 10.6 Å². The number of nitrogens with one attached hydrogen (secondary N) is 2. The third kappa shape index (κ3) is 5.99. The minimum Gasteiger partial charge on any atom is -0.495 e. The highest BCUT2D eigenvalue weighted by Gasteiger charge is 2.24. The van der Waals surface area contributed by atoms with Gasteiger partial charge in [-0.1, -0.05) is 0 Å². The molecule has 0 spiro atoms. The fourth-order valence-electron chi connectivity index (χ4n) is 2.07.